The molecule has 1 aromatic heterocycles. The van der Waals surface area contributed by atoms with Gasteiger partial charge in [-0.2, -0.15) is 0 Å². The Kier molecular flexibility index (Phi) is 4.49. The largest absolute Gasteiger partial charge is 0.354 e. The molecule has 0 fully saturated rings. The van der Waals surface area contributed by atoms with E-state index in [-0.39, 0.29) is 5.91 Å². The van der Waals surface area contributed by atoms with Gasteiger partial charge in [0.15, 0.2) is 0 Å². The number of nitrogens with one attached hydrogen (secondary N) is 3. The maximum absolute atomic E-state index is 11.8. The van der Waals surface area contributed by atoms with Crippen LogP contribution in [0.5, 0.6) is 0 Å². The van der Waals surface area contributed by atoms with Crippen LogP contribution in [0.1, 0.15) is 26.5 Å². The molecule has 0 aliphatic carbocycles. The molecule has 0 atom stereocenters. The summed E-state index contributed by atoms with van der Waals surface area (Å²) < 4.78 is 0. The van der Waals surface area contributed by atoms with Crippen LogP contribution in [-0.2, 0) is 11.2 Å². The van der Waals surface area contributed by atoms with Gasteiger partial charge < -0.3 is 15.6 Å². The minimum Gasteiger partial charge on any atom is -0.354 e. The topological polar surface area (TPSA) is 69.8 Å². The first-order valence-electron chi connectivity index (χ1n) is 5.57. The van der Waals surface area contributed by atoms with Crippen LogP contribution in [0.15, 0.2) is 12.5 Å². The summed E-state index contributed by atoms with van der Waals surface area (Å²) in [5, 5.41) is 6.03. The molecule has 5 heteroatoms. The molecule has 0 bridgehead atoms. The molecule has 0 aliphatic rings. The molecule has 0 saturated heterocycles. The molecule has 0 unspecified atom stereocenters. The Morgan fingerprint density at radius 3 is 2.88 bits per heavy atom. The van der Waals surface area contributed by atoms with Crippen LogP contribution in [0.4, 0.5) is 0 Å². The van der Waals surface area contributed by atoms with Crippen molar-refractivity contribution in [3.63, 3.8) is 0 Å². The molecule has 0 aliphatic heterocycles. The Balaban J connectivity index is 2.30. The average Bonchev–Trinajstić information content (AvgIpc) is 2.70. The van der Waals surface area contributed by atoms with Crippen LogP contribution in [0.3, 0.4) is 0 Å². The number of H-pyrrole nitrogens is 1. The number of amides is 1. The maximum Gasteiger partial charge on any atom is 0.239 e. The van der Waals surface area contributed by atoms with E-state index in [1.165, 1.54) is 0 Å². The lowest BCUT2D eigenvalue weighted by Gasteiger charge is -2.24. The summed E-state index contributed by atoms with van der Waals surface area (Å²) >= 11 is 0. The highest BCUT2D eigenvalue weighted by Crippen LogP contribution is 2.01. The SMILES string of the molecule is CCNC(C)(C)C(=O)NCCc1cnc[nH]1. The van der Waals surface area contributed by atoms with Crippen molar-refractivity contribution in [3.05, 3.63) is 18.2 Å². The molecule has 3 N–H and O–H groups in total. The molecular weight excluding hydrogens is 204 g/mol. The second-order valence-electron chi connectivity index (χ2n) is 4.24. The first-order chi connectivity index (χ1) is 7.56. The third-order valence-corrected chi connectivity index (χ3v) is 2.42. The van der Waals surface area contributed by atoms with Crippen molar-refractivity contribution in [2.75, 3.05) is 13.1 Å². The van der Waals surface area contributed by atoms with E-state index in [0.29, 0.717) is 6.54 Å². The third-order valence-electron chi connectivity index (χ3n) is 2.42. The molecule has 0 spiro atoms. The summed E-state index contributed by atoms with van der Waals surface area (Å²) in [5.41, 5.74) is 0.518. The highest BCUT2D eigenvalue weighted by molar-refractivity contribution is 5.85. The van der Waals surface area contributed by atoms with Gasteiger partial charge in [0.2, 0.25) is 5.91 Å². The predicted octanol–water partition coefficient (Wildman–Crippen LogP) is 0.457. The van der Waals surface area contributed by atoms with Gasteiger partial charge in [-0.05, 0) is 20.4 Å². The molecule has 1 heterocycles. The van der Waals surface area contributed by atoms with E-state index in [1.807, 2.05) is 20.8 Å². The predicted molar refractivity (Wildman–Crippen MR) is 63.1 cm³/mol. The van der Waals surface area contributed by atoms with Crippen molar-refractivity contribution in [1.29, 1.82) is 0 Å². The zero-order valence-corrected chi connectivity index (χ0v) is 10.1. The third kappa shape index (κ3) is 3.66. The minimum absolute atomic E-state index is 0.0221. The van der Waals surface area contributed by atoms with Gasteiger partial charge in [0, 0.05) is 24.9 Å². The van der Waals surface area contributed by atoms with E-state index >= 15 is 0 Å². The number of nitrogens with zero attached hydrogens (tertiary/aromatic N) is 1. The molecule has 1 aromatic rings. The second kappa shape index (κ2) is 5.65. The van der Waals surface area contributed by atoms with Gasteiger partial charge in [-0.1, -0.05) is 6.92 Å². The van der Waals surface area contributed by atoms with Crippen molar-refractivity contribution in [1.82, 2.24) is 20.6 Å². The number of aromatic amines is 1. The van der Waals surface area contributed by atoms with Gasteiger partial charge in [-0.15, -0.1) is 0 Å². The Bertz CT molecular complexity index is 319. The number of imidazole rings is 1. The van der Waals surface area contributed by atoms with Gasteiger partial charge in [0.25, 0.3) is 0 Å². The lowest BCUT2D eigenvalue weighted by atomic mass is 10.0. The highest BCUT2D eigenvalue weighted by atomic mass is 16.2. The fourth-order valence-corrected chi connectivity index (χ4v) is 1.48. The number of carbonyl (C=O) groups excluding carboxylic acids is 1. The molecule has 1 amide bonds. The monoisotopic (exact) mass is 224 g/mol. The van der Waals surface area contributed by atoms with Gasteiger partial charge in [0.05, 0.1) is 11.9 Å². The van der Waals surface area contributed by atoms with Gasteiger partial charge >= 0.3 is 0 Å². The fraction of sp³-hybridized carbons (Fsp3) is 0.636. The Hall–Kier alpha value is -1.36. The average molecular weight is 224 g/mol. The Morgan fingerprint density at radius 1 is 1.56 bits per heavy atom. The summed E-state index contributed by atoms with van der Waals surface area (Å²) in [7, 11) is 0. The van der Waals surface area contributed by atoms with Gasteiger partial charge in [0.1, 0.15) is 0 Å². The molecule has 0 aromatic carbocycles. The van der Waals surface area contributed by atoms with Crippen molar-refractivity contribution in [3.8, 4) is 0 Å². The van der Waals surface area contributed by atoms with E-state index < -0.39 is 5.54 Å². The van der Waals surface area contributed by atoms with Crippen molar-refractivity contribution >= 4 is 5.91 Å². The first-order valence-corrected chi connectivity index (χ1v) is 5.57. The van der Waals surface area contributed by atoms with E-state index in [0.717, 1.165) is 18.7 Å². The van der Waals surface area contributed by atoms with Crippen molar-refractivity contribution < 1.29 is 4.79 Å². The molecule has 0 radical (unpaired) electrons. The Labute approximate surface area is 96.0 Å². The molecule has 90 valence electrons. The highest BCUT2D eigenvalue weighted by Gasteiger charge is 2.25. The minimum atomic E-state index is -0.511. The van der Waals surface area contributed by atoms with Crippen molar-refractivity contribution in [2.45, 2.75) is 32.7 Å². The molecule has 0 saturated carbocycles. The molecule has 1 rings (SSSR count). The molecular formula is C11H20N4O. The summed E-state index contributed by atoms with van der Waals surface area (Å²) in [4.78, 5) is 18.7. The number of hydrogen-bond donors (Lipinski definition) is 3. The summed E-state index contributed by atoms with van der Waals surface area (Å²) in [6.07, 6.45) is 4.18. The molecule has 16 heavy (non-hydrogen) atoms. The lowest BCUT2D eigenvalue weighted by molar-refractivity contribution is -0.126. The summed E-state index contributed by atoms with van der Waals surface area (Å²) in [6.45, 7) is 7.14. The standard InChI is InChI=1S/C11H20N4O/c1-4-15-11(2,3)10(16)13-6-5-9-7-12-8-14-9/h7-8,15H,4-6H2,1-3H3,(H,12,14)(H,13,16). The Morgan fingerprint density at radius 2 is 2.31 bits per heavy atom. The van der Waals surface area contributed by atoms with Crippen LogP contribution in [0, 0.1) is 0 Å². The van der Waals surface area contributed by atoms with Crippen LogP contribution < -0.4 is 10.6 Å². The number of likely N-dealkylation sites (N-methyl/N-ethyl adjacent to an activating group) is 1. The zero-order valence-electron chi connectivity index (χ0n) is 10.1. The van der Waals surface area contributed by atoms with Crippen LogP contribution in [0.2, 0.25) is 0 Å². The van der Waals surface area contributed by atoms with E-state index in [9.17, 15) is 4.79 Å². The normalized spacial score (nSPS) is 11.4. The zero-order chi connectivity index (χ0) is 12.0. The maximum atomic E-state index is 11.8. The van der Waals surface area contributed by atoms with Crippen LogP contribution in [0.25, 0.3) is 0 Å². The number of rotatable bonds is 6. The second-order valence-corrected chi connectivity index (χ2v) is 4.24. The van der Waals surface area contributed by atoms with Crippen LogP contribution >= 0.6 is 0 Å². The molecule has 5 nitrogen and oxygen atoms in total. The van der Waals surface area contributed by atoms with Crippen LogP contribution in [-0.4, -0.2) is 34.5 Å². The van der Waals surface area contributed by atoms with Crippen molar-refractivity contribution in [2.24, 2.45) is 0 Å². The van der Waals surface area contributed by atoms with E-state index in [4.69, 9.17) is 0 Å². The smallest absolute Gasteiger partial charge is 0.239 e. The van der Waals surface area contributed by atoms with E-state index in [2.05, 4.69) is 20.6 Å². The van der Waals surface area contributed by atoms with E-state index in [1.54, 1.807) is 12.5 Å². The summed E-state index contributed by atoms with van der Waals surface area (Å²) in [5.74, 6) is 0.0221. The lowest BCUT2D eigenvalue weighted by Crippen LogP contribution is -2.52. The summed E-state index contributed by atoms with van der Waals surface area (Å²) in [6, 6.07) is 0. The van der Waals surface area contributed by atoms with Gasteiger partial charge in [-0.3, -0.25) is 4.79 Å². The number of carbonyl (C=O) groups is 1. The quantitative estimate of drug-likeness (QED) is 0.657. The number of aromatic nitrogens is 2. The first kappa shape index (κ1) is 12.7. The van der Waals surface area contributed by atoms with Gasteiger partial charge in [-0.25, -0.2) is 4.98 Å². The fourth-order valence-electron chi connectivity index (χ4n) is 1.48. The number of hydrogen-bond acceptors (Lipinski definition) is 3.